The summed E-state index contributed by atoms with van der Waals surface area (Å²) in [5.41, 5.74) is 12.8. The summed E-state index contributed by atoms with van der Waals surface area (Å²) in [7, 11) is 0. The van der Waals surface area contributed by atoms with Gasteiger partial charge in [0.15, 0.2) is 17.4 Å². The summed E-state index contributed by atoms with van der Waals surface area (Å²) in [6.45, 7) is -0.362. The van der Waals surface area contributed by atoms with Gasteiger partial charge in [0, 0.05) is 0 Å². The number of hydrazone groups is 2. The van der Waals surface area contributed by atoms with Crippen molar-refractivity contribution in [2.24, 2.45) is 10.2 Å². The summed E-state index contributed by atoms with van der Waals surface area (Å²) in [5.74, 6) is -0.0651. The molecule has 2 aromatic carbocycles. The van der Waals surface area contributed by atoms with E-state index in [-0.39, 0.29) is 23.7 Å². The Morgan fingerprint density at radius 1 is 1.06 bits per heavy atom. The molecule has 4 aromatic rings. The van der Waals surface area contributed by atoms with E-state index in [4.69, 9.17) is 10.5 Å². The molecule has 6 N–H and O–H groups in total. The average molecular weight is 461 g/mol. The Morgan fingerprint density at radius 3 is 2.29 bits per heavy atom. The number of ether oxygens (including phenoxy) is 1. The van der Waals surface area contributed by atoms with E-state index < -0.39 is 17.9 Å². The Labute approximate surface area is 193 Å². The Bertz CT molecular complexity index is 1320. The van der Waals surface area contributed by atoms with Crippen LogP contribution in [-0.4, -0.2) is 49.8 Å². The number of nitrogen functional groups attached to an aromatic ring is 1. The monoisotopic (exact) mass is 461 g/mol. The molecule has 0 bridgehead atoms. The molecular weight excluding hydrogens is 438 g/mol. The highest BCUT2D eigenvalue weighted by Crippen LogP contribution is 2.16. The number of H-pyrrole nitrogens is 1. The number of benzene rings is 2. The van der Waals surface area contributed by atoms with Crippen molar-refractivity contribution in [2.45, 2.75) is 12.3 Å². The van der Waals surface area contributed by atoms with E-state index in [1.165, 1.54) is 23.3 Å². The standard InChI is InChI=1S/C22H23N9O3/c23-22-27-20-19(21(33)28-22)24-14-31(20)18(12-26-30-16-9-5-2-6-10-16)34-17(13-32)11-25-29-15-7-3-1-4-8-15/h1-12,14,17-18,29-30,32H,13H2,(H3,23,27,28,33)/b25-11+,26-12+. The fraction of sp³-hybridized carbons (Fsp3) is 0.136. The first-order valence-electron chi connectivity index (χ1n) is 10.3. The van der Waals surface area contributed by atoms with Crippen molar-refractivity contribution in [1.82, 2.24) is 19.5 Å². The SMILES string of the molecule is Nc1nc2c(ncn2C(/C=N/Nc2ccccc2)OC(/C=N/Nc2ccccc2)CO)c(=O)[nH]1. The number of aliphatic hydroxyl groups excluding tert-OH is 1. The van der Waals surface area contributed by atoms with Crippen LogP contribution < -0.4 is 22.1 Å². The lowest BCUT2D eigenvalue weighted by Gasteiger charge is -2.19. The number of hydrogen-bond donors (Lipinski definition) is 5. The van der Waals surface area contributed by atoms with Gasteiger partial charge in [0.2, 0.25) is 5.95 Å². The zero-order valence-electron chi connectivity index (χ0n) is 17.9. The molecule has 174 valence electrons. The maximum absolute atomic E-state index is 12.2. The molecule has 0 aliphatic rings. The quantitative estimate of drug-likeness (QED) is 0.176. The van der Waals surface area contributed by atoms with Crippen molar-refractivity contribution in [3.8, 4) is 0 Å². The second kappa shape index (κ2) is 10.8. The third-order valence-electron chi connectivity index (χ3n) is 4.60. The largest absolute Gasteiger partial charge is 0.393 e. The van der Waals surface area contributed by atoms with Crippen molar-refractivity contribution in [3.63, 3.8) is 0 Å². The van der Waals surface area contributed by atoms with Crippen LogP contribution in [0.1, 0.15) is 6.23 Å². The van der Waals surface area contributed by atoms with E-state index in [1.54, 1.807) is 0 Å². The molecule has 2 unspecified atom stereocenters. The topological polar surface area (TPSA) is 168 Å². The molecule has 4 rings (SSSR count). The minimum Gasteiger partial charge on any atom is -0.393 e. The summed E-state index contributed by atoms with van der Waals surface area (Å²) in [6, 6.07) is 18.6. The number of aromatic amines is 1. The molecule has 0 radical (unpaired) electrons. The molecule has 0 aliphatic heterocycles. The fourth-order valence-corrected chi connectivity index (χ4v) is 3.00. The maximum atomic E-state index is 12.2. The lowest BCUT2D eigenvalue weighted by Crippen LogP contribution is -2.27. The van der Waals surface area contributed by atoms with Crippen molar-refractivity contribution in [1.29, 1.82) is 0 Å². The Kier molecular flexibility index (Phi) is 7.22. The first kappa shape index (κ1) is 22.6. The zero-order chi connectivity index (χ0) is 23.8. The van der Waals surface area contributed by atoms with E-state index in [1.807, 2.05) is 60.7 Å². The summed E-state index contributed by atoms with van der Waals surface area (Å²) in [5, 5.41) is 18.2. The van der Waals surface area contributed by atoms with Crippen LogP contribution in [-0.2, 0) is 4.74 Å². The third kappa shape index (κ3) is 5.62. The summed E-state index contributed by atoms with van der Waals surface area (Å²) in [4.78, 5) is 22.9. The van der Waals surface area contributed by atoms with Crippen LogP contribution in [0.25, 0.3) is 11.2 Å². The molecule has 2 aromatic heterocycles. The zero-order valence-corrected chi connectivity index (χ0v) is 17.9. The number of rotatable bonds is 10. The third-order valence-corrected chi connectivity index (χ3v) is 4.60. The average Bonchev–Trinajstić information content (AvgIpc) is 3.28. The van der Waals surface area contributed by atoms with Crippen molar-refractivity contribution in [2.75, 3.05) is 23.2 Å². The highest BCUT2D eigenvalue weighted by atomic mass is 16.5. The number of para-hydroxylation sites is 2. The van der Waals surface area contributed by atoms with Gasteiger partial charge in [0.05, 0.1) is 36.7 Å². The van der Waals surface area contributed by atoms with Crippen LogP contribution >= 0.6 is 0 Å². The number of hydrogen-bond acceptors (Lipinski definition) is 10. The second-order valence-corrected chi connectivity index (χ2v) is 7.03. The lowest BCUT2D eigenvalue weighted by atomic mass is 10.3. The summed E-state index contributed by atoms with van der Waals surface area (Å²) in [6.07, 6.45) is 2.54. The van der Waals surface area contributed by atoms with Gasteiger partial charge in [-0.1, -0.05) is 36.4 Å². The lowest BCUT2D eigenvalue weighted by molar-refractivity contribution is 0.00153. The molecule has 0 fully saturated rings. The number of imidazole rings is 1. The molecule has 34 heavy (non-hydrogen) atoms. The smallest absolute Gasteiger partial charge is 0.280 e. The van der Waals surface area contributed by atoms with E-state index in [2.05, 4.69) is 36.0 Å². The normalized spacial score (nSPS) is 13.4. The summed E-state index contributed by atoms with van der Waals surface area (Å²) >= 11 is 0. The number of aromatic nitrogens is 4. The Balaban J connectivity index is 1.58. The minimum atomic E-state index is -0.907. The van der Waals surface area contributed by atoms with Crippen molar-refractivity contribution in [3.05, 3.63) is 77.3 Å². The van der Waals surface area contributed by atoms with Gasteiger partial charge in [-0.3, -0.25) is 25.2 Å². The number of anilines is 3. The van der Waals surface area contributed by atoms with E-state index in [9.17, 15) is 9.90 Å². The molecular formula is C22H23N9O3. The van der Waals surface area contributed by atoms with Gasteiger partial charge in [-0.15, -0.1) is 0 Å². The second-order valence-electron chi connectivity index (χ2n) is 7.03. The molecule has 0 amide bonds. The molecule has 12 heteroatoms. The van der Waals surface area contributed by atoms with Crippen LogP contribution in [0.4, 0.5) is 17.3 Å². The van der Waals surface area contributed by atoms with Crippen LogP contribution in [0.3, 0.4) is 0 Å². The number of fused-ring (bicyclic) bond motifs is 1. The highest BCUT2D eigenvalue weighted by Gasteiger charge is 2.20. The van der Waals surface area contributed by atoms with Gasteiger partial charge in [-0.05, 0) is 24.3 Å². The molecule has 2 heterocycles. The molecule has 0 spiro atoms. The van der Waals surface area contributed by atoms with Gasteiger partial charge >= 0.3 is 0 Å². The van der Waals surface area contributed by atoms with Gasteiger partial charge in [0.1, 0.15) is 6.10 Å². The first-order chi connectivity index (χ1) is 16.6. The molecule has 0 saturated heterocycles. The molecule has 0 aliphatic carbocycles. The van der Waals surface area contributed by atoms with E-state index in [0.29, 0.717) is 0 Å². The fourth-order valence-electron chi connectivity index (χ4n) is 3.00. The molecule has 0 saturated carbocycles. The highest BCUT2D eigenvalue weighted by molar-refractivity contribution is 5.74. The minimum absolute atomic E-state index is 0.0651. The van der Waals surface area contributed by atoms with Gasteiger partial charge < -0.3 is 15.6 Å². The van der Waals surface area contributed by atoms with E-state index in [0.717, 1.165) is 11.4 Å². The predicted molar refractivity (Wildman–Crippen MR) is 131 cm³/mol. The summed E-state index contributed by atoms with van der Waals surface area (Å²) < 4.78 is 7.49. The van der Waals surface area contributed by atoms with Gasteiger partial charge in [-0.2, -0.15) is 15.2 Å². The van der Waals surface area contributed by atoms with Crippen LogP contribution in [0.15, 0.2) is 82.0 Å². The van der Waals surface area contributed by atoms with E-state index >= 15 is 0 Å². The predicted octanol–water partition coefficient (Wildman–Crippen LogP) is 1.77. The van der Waals surface area contributed by atoms with Crippen LogP contribution in [0, 0.1) is 0 Å². The van der Waals surface area contributed by atoms with Crippen molar-refractivity contribution < 1.29 is 9.84 Å². The first-order valence-corrected chi connectivity index (χ1v) is 10.3. The maximum Gasteiger partial charge on any atom is 0.280 e. The Morgan fingerprint density at radius 2 is 1.68 bits per heavy atom. The number of nitrogens with two attached hydrogens (primary N) is 1. The Hall–Kier alpha value is -4.55. The van der Waals surface area contributed by atoms with Gasteiger partial charge in [0.25, 0.3) is 5.56 Å². The van der Waals surface area contributed by atoms with Crippen molar-refractivity contribution >= 4 is 40.9 Å². The van der Waals surface area contributed by atoms with Crippen LogP contribution in [0.5, 0.6) is 0 Å². The number of aliphatic hydroxyl groups is 1. The number of nitrogens with zero attached hydrogens (tertiary/aromatic N) is 5. The molecule has 12 nitrogen and oxygen atoms in total. The molecule has 2 atom stereocenters. The van der Waals surface area contributed by atoms with Crippen LogP contribution in [0.2, 0.25) is 0 Å². The number of nitrogens with one attached hydrogen (secondary N) is 3. The van der Waals surface area contributed by atoms with Gasteiger partial charge in [-0.25, -0.2) is 4.98 Å².